The topological polar surface area (TPSA) is 82.3 Å². The van der Waals surface area contributed by atoms with E-state index in [1.165, 1.54) is 12.1 Å². The minimum absolute atomic E-state index is 0.211. The molecule has 4 aromatic rings. The van der Waals surface area contributed by atoms with E-state index in [-0.39, 0.29) is 18.3 Å². The zero-order valence-corrected chi connectivity index (χ0v) is 18.1. The summed E-state index contributed by atoms with van der Waals surface area (Å²) in [6.45, 7) is 4.30. The molecule has 0 aliphatic carbocycles. The lowest BCUT2D eigenvalue weighted by atomic mass is 10.0. The van der Waals surface area contributed by atoms with E-state index >= 15 is 0 Å². The highest BCUT2D eigenvalue weighted by Gasteiger charge is 2.22. The Kier molecular flexibility index (Phi) is 5.77. The third-order valence-electron chi connectivity index (χ3n) is 5.42. The molecular formula is C24H24FN4O3+. The second-order valence-corrected chi connectivity index (χ2v) is 7.55. The molecule has 0 unspecified atom stereocenters. The van der Waals surface area contributed by atoms with Gasteiger partial charge in [0, 0.05) is 29.8 Å². The zero-order chi connectivity index (χ0) is 22.8. The van der Waals surface area contributed by atoms with Crippen LogP contribution in [0.25, 0.3) is 22.0 Å². The number of H-pyrrole nitrogens is 1. The number of nitrogens with zero attached hydrogens (tertiary/aromatic N) is 3. The maximum atomic E-state index is 13.7. The molecule has 0 fully saturated rings. The van der Waals surface area contributed by atoms with E-state index in [2.05, 4.69) is 10.2 Å². The number of amides is 1. The fraction of sp³-hybridized carbons (Fsp3) is 0.208. The van der Waals surface area contributed by atoms with Gasteiger partial charge in [0.2, 0.25) is 11.9 Å². The van der Waals surface area contributed by atoms with Crippen LogP contribution in [0.1, 0.15) is 28.5 Å². The molecule has 0 atom stereocenters. The first-order valence-corrected chi connectivity index (χ1v) is 10.2. The van der Waals surface area contributed by atoms with Crippen molar-refractivity contribution in [1.29, 1.82) is 0 Å². The van der Waals surface area contributed by atoms with Crippen LogP contribution in [0.4, 0.5) is 4.39 Å². The number of ether oxygens (including phenoxy) is 1. The number of hydrogen-bond donors (Lipinski definition) is 2. The Morgan fingerprint density at radius 3 is 2.84 bits per heavy atom. The van der Waals surface area contributed by atoms with Gasteiger partial charge in [-0.2, -0.15) is 5.10 Å². The largest absolute Gasteiger partial charge is 0.493 e. The Bertz CT molecular complexity index is 1300. The van der Waals surface area contributed by atoms with Crippen molar-refractivity contribution in [2.24, 2.45) is 0 Å². The van der Waals surface area contributed by atoms with Crippen molar-refractivity contribution in [1.82, 2.24) is 15.1 Å². The molecule has 2 heterocycles. The summed E-state index contributed by atoms with van der Waals surface area (Å²) in [5.41, 5.74) is 3.98. The predicted molar refractivity (Wildman–Crippen MR) is 117 cm³/mol. The second-order valence-electron chi connectivity index (χ2n) is 7.55. The fourth-order valence-electron chi connectivity index (χ4n) is 3.73. The van der Waals surface area contributed by atoms with Crippen molar-refractivity contribution in [3.05, 3.63) is 77.5 Å². The third-order valence-corrected chi connectivity index (χ3v) is 5.42. The van der Waals surface area contributed by atoms with E-state index in [1.807, 2.05) is 6.92 Å². The molecule has 0 saturated heterocycles. The maximum absolute atomic E-state index is 13.7. The maximum Gasteiger partial charge on any atom is 0.254 e. The highest BCUT2D eigenvalue weighted by molar-refractivity contribution is 5.95. The summed E-state index contributed by atoms with van der Waals surface area (Å²) in [6, 6.07) is 11.4. The summed E-state index contributed by atoms with van der Waals surface area (Å²) >= 11 is 0. The van der Waals surface area contributed by atoms with Crippen molar-refractivity contribution in [3.8, 4) is 16.9 Å². The smallest absolute Gasteiger partial charge is 0.254 e. The molecule has 0 saturated carbocycles. The van der Waals surface area contributed by atoms with Crippen LogP contribution in [-0.2, 0) is 6.54 Å². The molecule has 4 rings (SSSR count). The van der Waals surface area contributed by atoms with Gasteiger partial charge in [-0.3, -0.25) is 15.1 Å². The summed E-state index contributed by atoms with van der Waals surface area (Å²) in [5, 5.41) is 17.9. The quantitative estimate of drug-likeness (QED) is 0.356. The Balaban J connectivity index is 1.65. The number of rotatable bonds is 6. The second kappa shape index (κ2) is 8.66. The van der Waals surface area contributed by atoms with Crippen molar-refractivity contribution in [2.45, 2.75) is 20.4 Å². The summed E-state index contributed by atoms with van der Waals surface area (Å²) in [7, 11) is 1.69. The number of aromatic amines is 1. The summed E-state index contributed by atoms with van der Waals surface area (Å²) < 4.78 is 20.5. The van der Waals surface area contributed by atoms with Gasteiger partial charge in [-0.05, 0) is 42.8 Å². The fourth-order valence-corrected chi connectivity index (χ4v) is 3.73. The number of pyridine rings is 1. The van der Waals surface area contributed by atoms with Crippen molar-refractivity contribution in [2.75, 3.05) is 13.7 Å². The Labute approximate surface area is 184 Å². The van der Waals surface area contributed by atoms with Gasteiger partial charge in [-0.25, -0.2) is 4.39 Å². The number of carbonyl (C=O) groups is 1. The molecule has 0 aliphatic rings. The molecule has 7 nitrogen and oxygen atoms in total. The van der Waals surface area contributed by atoms with E-state index in [1.54, 1.807) is 61.6 Å². The average Bonchev–Trinajstić information content (AvgIpc) is 3.24. The van der Waals surface area contributed by atoms with Gasteiger partial charge in [0.1, 0.15) is 11.6 Å². The minimum atomic E-state index is -0.339. The molecule has 2 N–H and O–H groups in total. The lowest BCUT2D eigenvalue weighted by Gasteiger charge is -2.19. The SMILES string of the molecule is CCOc1cc(C(=O)N(C)Cc2c(C)[n+](O)cc3cn[nH]c23)ccc1-c1cccc(F)c1. The number of fused-ring (bicyclic) bond motifs is 1. The van der Waals surface area contributed by atoms with Gasteiger partial charge in [0.15, 0.2) is 0 Å². The van der Waals surface area contributed by atoms with E-state index in [4.69, 9.17) is 4.74 Å². The molecule has 32 heavy (non-hydrogen) atoms. The minimum Gasteiger partial charge on any atom is -0.493 e. The van der Waals surface area contributed by atoms with Crippen molar-refractivity contribution < 1.29 is 23.9 Å². The van der Waals surface area contributed by atoms with E-state index < -0.39 is 0 Å². The van der Waals surface area contributed by atoms with Gasteiger partial charge in [-0.1, -0.05) is 12.1 Å². The average molecular weight is 435 g/mol. The molecule has 2 aromatic heterocycles. The van der Waals surface area contributed by atoms with Gasteiger partial charge in [0.05, 0.1) is 35.8 Å². The van der Waals surface area contributed by atoms with Crippen LogP contribution < -0.4 is 9.47 Å². The van der Waals surface area contributed by atoms with Gasteiger partial charge in [0.25, 0.3) is 5.91 Å². The molecule has 0 aliphatic heterocycles. The summed E-state index contributed by atoms with van der Waals surface area (Å²) in [6.07, 6.45) is 3.19. The van der Waals surface area contributed by atoms with Gasteiger partial charge in [-0.15, -0.1) is 0 Å². The van der Waals surface area contributed by atoms with Crippen LogP contribution in [0.3, 0.4) is 0 Å². The standard InChI is InChI=1S/C24H23FN4O3/c1-4-32-22-11-17(8-9-20(22)16-6-5-7-19(25)10-16)24(30)28(3)14-21-15(2)29(31)13-18-12-26-27-23(18)21/h5-13,31H,4,14H2,1-3H3/p+1. The van der Waals surface area contributed by atoms with Crippen molar-refractivity contribution >= 4 is 16.8 Å². The first kappa shape index (κ1) is 21.3. The number of aromatic nitrogens is 3. The van der Waals surface area contributed by atoms with Crippen LogP contribution in [0.15, 0.2) is 54.9 Å². The van der Waals surface area contributed by atoms with Crippen LogP contribution in [0.2, 0.25) is 0 Å². The molecule has 0 spiro atoms. The van der Waals surface area contributed by atoms with Crippen LogP contribution in [0, 0.1) is 12.7 Å². The monoisotopic (exact) mass is 435 g/mol. The van der Waals surface area contributed by atoms with E-state index in [9.17, 15) is 14.4 Å². The normalized spacial score (nSPS) is 11.0. The summed E-state index contributed by atoms with van der Waals surface area (Å²) in [5.74, 6) is -0.0381. The Hall–Kier alpha value is -3.94. The molecule has 2 aromatic carbocycles. The highest BCUT2D eigenvalue weighted by atomic mass is 19.1. The molecule has 8 heteroatoms. The van der Waals surface area contributed by atoms with Gasteiger partial charge < -0.3 is 9.64 Å². The molecule has 164 valence electrons. The van der Waals surface area contributed by atoms with Crippen LogP contribution in [0.5, 0.6) is 5.75 Å². The number of benzene rings is 2. The Morgan fingerprint density at radius 1 is 1.28 bits per heavy atom. The molecule has 0 bridgehead atoms. The van der Waals surface area contributed by atoms with E-state index in [0.29, 0.717) is 34.7 Å². The number of carbonyl (C=O) groups excluding carboxylic acids is 1. The molecule has 0 radical (unpaired) electrons. The van der Waals surface area contributed by atoms with Gasteiger partial charge >= 0.3 is 0 Å². The van der Waals surface area contributed by atoms with Crippen LogP contribution >= 0.6 is 0 Å². The predicted octanol–water partition coefficient (Wildman–Crippen LogP) is 3.87. The Morgan fingerprint density at radius 2 is 2.09 bits per heavy atom. The number of nitrogens with one attached hydrogen (secondary N) is 1. The third kappa shape index (κ3) is 3.99. The number of halogens is 1. The highest BCUT2D eigenvalue weighted by Crippen LogP contribution is 2.32. The first-order chi connectivity index (χ1) is 15.4. The van der Waals surface area contributed by atoms with Crippen LogP contribution in [-0.4, -0.2) is 39.9 Å². The zero-order valence-electron chi connectivity index (χ0n) is 18.1. The summed E-state index contributed by atoms with van der Waals surface area (Å²) in [4.78, 5) is 14.8. The lowest BCUT2D eigenvalue weighted by Crippen LogP contribution is -2.36. The molecular weight excluding hydrogens is 411 g/mol. The lowest BCUT2D eigenvalue weighted by molar-refractivity contribution is -0.908. The van der Waals surface area contributed by atoms with E-state index in [0.717, 1.165) is 21.2 Å². The van der Waals surface area contributed by atoms with Crippen molar-refractivity contribution in [3.63, 3.8) is 0 Å². The number of hydrogen-bond acceptors (Lipinski definition) is 4. The first-order valence-electron chi connectivity index (χ1n) is 10.2. The molecule has 1 amide bonds.